The Morgan fingerprint density at radius 3 is 2.58 bits per heavy atom. The van der Waals surface area contributed by atoms with Gasteiger partial charge in [0.1, 0.15) is 0 Å². The van der Waals surface area contributed by atoms with Crippen molar-refractivity contribution in [1.29, 1.82) is 0 Å². The van der Waals surface area contributed by atoms with Crippen LogP contribution in [-0.4, -0.2) is 28.1 Å². The number of rotatable bonds is 7. The van der Waals surface area contributed by atoms with Crippen LogP contribution >= 0.6 is 11.5 Å². The van der Waals surface area contributed by atoms with Gasteiger partial charge in [0.05, 0.1) is 5.69 Å². The maximum atomic E-state index is 11.9. The second-order valence-corrected chi connectivity index (χ2v) is 6.21. The van der Waals surface area contributed by atoms with Gasteiger partial charge in [0.2, 0.25) is 0 Å². The molecule has 0 aliphatic heterocycles. The van der Waals surface area contributed by atoms with Crippen LogP contribution in [0.5, 0.6) is 0 Å². The summed E-state index contributed by atoms with van der Waals surface area (Å²) in [7, 11) is 0. The molecule has 0 fully saturated rings. The Hall–Kier alpha value is -2.28. The molecular weight excluding hydrogens is 326 g/mol. The number of carbonyl (C=O) groups excluding carboxylic acids is 2. The van der Waals surface area contributed by atoms with Gasteiger partial charge in [-0.15, -0.1) is 5.10 Å². The molecule has 1 aromatic carbocycles. The number of carbonyl (C=O) groups is 2. The van der Waals surface area contributed by atoms with Crippen molar-refractivity contribution in [3.05, 3.63) is 40.4 Å². The van der Waals surface area contributed by atoms with Gasteiger partial charge in [-0.05, 0) is 48.0 Å². The first-order chi connectivity index (χ1) is 11.5. The normalized spacial score (nSPS) is 11.8. The second-order valence-electron chi connectivity index (χ2n) is 5.46. The van der Waals surface area contributed by atoms with E-state index in [2.05, 4.69) is 28.8 Å². The predicted molar refractivity (Wildman–Crippen MR) is 93.3 cm³/mol. The van der Waals surface area contributed by atoms with Crippen LogP contribution in [0.3, 0.4) is 0 Å². The molecule has 1 N–H and O–H groups in total. The monoisotopic (exact) mass is 347 g/mol. The molecule has 0 saturated heterocycles. The van der Waals surface area contributed by atoms with Crippen LogP contribution in [0.1, 0.15) is 54.0 Å². The molecule has 0 saturated carbocycles. The summed E-state index contributed by atoms with van der Waals surface area (Å²) in [6.07, 6.45) is 1.66. The summed E-state index contributed by atoms with van der Waals surface area (Å²) in [4.78, 5) is 24.2. The molecule has 0 bridgehead atoms. The minimum Gasteiger partial charge on any atom is -0.451 e. The summed E-state index contributed by atoms with van der Waals surface area (Å²) in [5.74, 6) is -0.462. The smallest absolute Gasteiger partial charge is 0.352 e. The molecule has 1 atom stereocenters. The number of nitrogens with zero attached hydrogens (tertiary/aromatic N) is 2. The van der Waals surface area contributed by atoms with Gasteiger partial charge < -0.3 is 10.1 Å². The van der Waals surface area contributed by atoms with Gasteiger partial charge in [-0.3, -0.25) is 4.79 Å². The van der Waals surface area contributed by atoms with Crippen molar-refractivity contribution < 1.29 is 14.3 Å². The zero-order chi connectivity index (χ0) is 17.5. The Labute approximate surface area is 145 Å². The SMILES string of the molecule is CCc1nnsc1C(=O)OCC(=O)Nc1ccc([C@@H](C)CC)cc1. The number of hydrogen-bond acceptors (Lipinski definition) is 6. The molecule has 0 spiro atoms. The van der Waals surface area contributed by atoms with Crippen LogP contribution < -0.4 is 5.32 Å². The summed E-state index contributed by atoms with van der Waals surface area (Å²) >= 11 is 0.977. The fourth-order valence-electron chi connectivity index (χ4n) is 2.12. The Morgan fingerprint density at radius 1 is 1.25 bits per heavy atom. The number of aromatic nitrogens is 2. The minimum absolute atomic E-state index is 0.340. The van der Waals surface area contributed by atoms with Crippen molar-refractivity contribution >= 4 is 29.1 Å². The van der Waals surface area contributed by atoms with Gasteiger partial charge in [-0.25, -0.2) is 4.79 Å². The van der Waals surface area contributed by atoms with E-state index in [9.17, 15) is 9.59 Å². The molecule has 2 aromatic rings. The van der Waals surface area contributed by atoms with E-state index in [0.29, 0.717) is 28.6 Å². The number of amides is 1. The highest BCUT2D eigenvalue weighted by atomic mass is 32.1. The molecule has 128 valence electrons. The minimum atomic E-state index is -0.566. The molecule has 0 aliphatic rings. The maximum absolute atomic E-state index is 11.9. The van der Waals surface area contributed by atoms with Gasteiger partial charge in [0.25, 0.3) is 5.91 Å². The molecule has 1 heterocycles. The zero-order valence-electron chi connectivity index (χ0n) is 14.0. The summed E-state index contributed by atoms with van der Waals surface area (Å²) < 4.78 is 8.75. The quantitative estimate of drug-likeness (QED) is 0.776. The average molecular weight is 347 g/mol. The lowest BCUT2D eigenvalue weighted by Crippen LogP contribution is -2.21. The van der Waals surface area contributed by atoms with Crippen molar-refractivity contribution in [2.45, 2.75) is 39.5 Å². The van der Waals surface area contributed by atoms with Crippen LogP contribution in [0, 0.1) is 0 Å². The van der Waals surface area contributed by atoms with Crippen molar-refractivity contribution in [2.24, 2.45) is 0 Å². The molecule has 1 amide bonds. The second kappa shape index (κ2) is 8.54. The first-order valence-corrected chi connectivity index (χ1v) is 8.70. The van der Waals surface area contributed by atoms with Crippen LogP contribution in [0.15, 0.2) is 24.3 Å². The van der Waals surface area contributed by atoms with Crippen molar-refractivity contribution in [3.8, 4) is 0 Å². The maximum Gasteiger partial charge on any atom is 0.352 e. The van der Waals surface area contributed by atoms with E-state index in [-0.39, 0.29) is 12.5 Å². The topological polar surface area (TPSA) is 81.2 Å². The molecule has 7 heteroatoms. The lowest BCUT2D eigenvalue weighted by Gasteiger charge is -2.10. The Bertz CT molecular complexity index is 697. The van der Waals surface area contributed by atoms with Gasteiger partial charge in [-0.1, -0.05) is 37.4 Å². The van der Waals surface area contributed by atoms with Crippen LogP contribution in [-0.2, 0) is 16.0 Å². The molecule has 2 rings (SSSR count). The first-order valence-electron chi connectivity index (χ1n) is 7.93. The summed E-state index contributed by atoms with van der Waals surface area (Å²) in [6, 6.07) is 7.69. The molecule has 6 nitrogen and oxygen atoms in total. The fraction of sp³-hybridized carbons (Fsp3) is 0.412. The van der Waals surface area contributed by atoms with E-state index >= 15 is 0 Å². The van der Waals surface area contributed by atoms with E-state index in [1.165, 1.54) is 5.56 Å². The van der Waals surface area contributed by atoms with Gasteiger partial charge in [0.15, 0.2) is 11.5 Å². The number of hydrogen-bond donors (Lipinski definition) is 1. The largest absolute Gasteiger partial charge is 0.451 e. The fourth-order valence-corrected chi connectivity index (χ4v) is 2.76. The van der Waals surface area contributed by atoms with Crippen molar-refractivity contribution in [1.82, 2.24) is 9.59 Å². The van der Waals surface area contributed by atoms with E-state index in [0.717, 1.165) is 18.0 Å². The standard InChI is InChI=1S/C17H21N3O3S/c1-4-11(3)12-6-8-13(9-7-12)18-15(21)10-23-17(22)16-14(5-2)19-20-24-16/h6-9,11H,4-5,10H2,1-3H3,(H,18,21)/t11-/m0/s1. The van der Waals surface area contributed by atoms with E-state index < -0.39 is 5.97 Å². The third kappa shape index (κ3) is 4.61. The van der Waals surface area contributed by atoms with Gasteiger partial charge >= 0.3 is 5.97 Å². The average Bonchev–Trinajstić information content (AvgIpc) is 3.08. The molecule has 0 radical (unpaired) electrons. The Morgan fingerprint density at radius 2 is 1.96 bits per heavy atom. The van der Waals surface area contributed by atoms with E-state index in [1.54, 1.807) is 0 Å². The number of benzene rings is 1. The van der Waals surface area contributed by atoms with E-state index in [1.807, 2.05) is 31.2 Å². The van der Waals surface area contributed by atoms with Crippen LogP contribution in [0.2, 0.25) is 0 Å². The number of aryl methyl sites for hydroxylation is 1. The number of ether oxygens (including phenoxy) is 1. The van der Waals surface area contributed by atoms with Gasteiger partial charge in [0, 0.05) is 5.69 Å². The Kier molecular flexibility index (Phi) is 6.43. The highest BCUT2D eigenvalue weighted by molar-refractivity contribution is 7.07. The van der Waals surface area contributed by atoms with Crippen molar-refractivity contribution in [2.75, 3.05) is 11.9 Å². The number of nitrogens with one attached hydrogen (secondary N) is 1. The molecule has 24 heavy (non-hydrogen) atoms. The third-order valence-electron chi connectivity index (χ3n) is 3.79. The summed E-state index contributed by atoms with van der Waals surface area (Å²) in [6.45, 7) is 5.83. The third-order valence-corrected chi connectivity index (χ3v) is 4.53. The molecule has 0 unspecified atom stereocenters. The van der Waals surface area contributed by atoms with Crippen molar-refractivity contribution in [3.63, 3.8) is 0 Å². The number of anilines is 1. The molecule has 0 aliphatic carbocycles. The summed E-state index contributed by atoms with van der Waals surface area (Å²) in [5.41, 5.74) is 2.49. The van der Waals surface area contributed by atoms with E-state index in [4.69, 9.17) is 4.74 Å². The lowest BCUT2D eigenvalue weighted by molar-refractivity contribution is -0.119. The molecule has 1 aromatic heterocycles. The first kappa shape index (κ1) is 18.1. The van der Waals surface area contributed by atoms with Crippen LogP contribution in [0.4, 0.5) is 5.69 Å². The lowest BCUT2D eigenvalue weighted by atomic mass is 9.99. The Balaban J connectivity index is 1.86. The number of esters is 1. The predicted octanol–water partition coefficient (Wildman–Crippen LogP) is 3.41. The van der Waals surface area contributed by atoms with Crippen LogP contribution in [0.25, 0.3) is 0 Å². The molecular formula is C17H21N3O3S. The zero-order valence-corrected chi connectivity index (χ0v) is 14.9. The highest BCUT2D eigenvalue weighted by Gasteiger charge is 2.17. The summed E-state index contributed by atoms with van der Waals surface area (Å²) in [5, 5.41) is 6.56. The highest BCUT2D eigenvalue weighted by Crippen LogP contribution is 2.20. The van der Waals surface area contributed by atoms with Gasteiger partial charge in [-0.2, -0.15) is 0 Å².